The Balaban J connectivity index is 1.48. The molecule has 140 valence electrons. The van der Waals surface area contributed by atoms with Gasteiger partial charge in [-0.25, -0.2) is 4.68 Å². The van der Waals surface area contributed by atoms with Crippen molar-refractivity contribution >= 4 is 11.6 Å². The number of benzene rings is 2. The van der Waals surface area contributed by atoms with Crippen LogP contribution in [0.2, 0.25) is 0 Å². The van der Waals surface area contributed by atoms with Crippen LogP contribution >= 0.6 is 0 Å². The summed E-state index contributed by atoms with van der Waals surface area (Å²) in [6, 6.07) is 13.0. The molecular formula is C19H21N5O3. The first-order valence-electron chi connectivity index (χ1n) is 8.57. The molecule has 0 radical (unpaired) electrons. The first-order chi connectivity index (χ1) is 13.2. The normalized spacial score (nSPS) is 10.4. The van der Waals surface area contributed by atoms with Crippen molar-refractivity contribution in [1.29, 1.82) is 0 Å². The highest BCUT2D eigenvalue weighted by Crippen LogP contribution is 2.22. The van der Waals surface area contributed by atoms with E-state index in [1.54, 1.807) is 11.8 Å². The van der Waals surface area contributed by atoms with Crippen LogP contribution in [0.4, 0.5) is 5.69 Å². The highest BCUT2D eigenvalue weighted by atomic mass is 16.5. The molecule has 0 aliphatic heterocycles. The van der Waals surface area contributed by atoms with Crippen molar-refractivity contribution in [3.63, 3.8) is 0 Å². The van der Waals surface area contributed by atoms with Crippen molar-refractivity contribution in [3.8, 4) is 17.2 Å². The Labute approximate surface area is 157 Å². The molecule has 3 aromatic rings. The van der Waals surface area contributed by atoms with Gasteiger partial charge in [-0.1, -0.05) is 6.07 Å². The van der Waals surface area contributed by atoms with Gasteiger partial charge >= 0.3 is 0 Å². The van der Waals surface area contributed by atoms with Gasteiger partial charge in [0, 0.05) is 12.1 Å². The largest absolute Gasteiger partial charge is 0.497 e. The summed E-state index contributed by atoms with van der Waals surface area (Å²) in [7, 11) is 1.62. The number of aromatic nitrogens is 4. The number of nitrogens with zero attached hydrogens (tertiary/aromatic N) is 4. The van der Waals surface area contributed by atoms with Crippen molar-refractivity contribution in [3.05, 3.63) is 54.4 Å². The van der Waals surface area contributed by atoms with Gasteiger partial charge in [-0.05, 0) is 65.7 Å². The van der Waals surface area contributed by atoms with Crippen LogP contribution < -0.4 is 14.8 Å². The maximum absolute atomic E-state index is 12.2. The average molecular weight is 367 g/mol. The summed E-state index contributed by atoms with van der Waals surface area (Å²) in [4.78, 5) is 12.2. The minimum Gasteiger partial charge on any atom is -0.497 e. The zero-order valence-electron chi connectivity index (χ0n) is 15.3. The molecule has 0 aliphatic carbocycles. The monoisotopic (exact) mass is 367 g/mol. The number of tetrazole rings is 1. The van der Waals surface area contributed by atoms with Gasteiger partial charge in [-0.3, -0.25) is 4.79 Å². The molecule has 0 aliphatic rings. The maximum atomic E-state index is 12.2. The molecule has 8 nitrogen and oxygen atoms in total. The lowest BCUT2D eigenvalue weighted by Crippen LogP contribution is -2.14. The fourth-order valence-electron chi connectivity index (χ4n) is 2.59. The van der Waals surface area contributed by atoms with E-state index in [4.69, 9.17) is 9.47 Å². The van der Waals surface area contributed by atoms with Crippen LogP contribution in [0.25, 0.3) is 5.69 Å². The molecule has 8 heteroatoms. The first-order valence-corrected chi connectivity index (χ1v) is 8.57. The van der Waals surface area contributed by atoms with E-state index in [2.05, 4.69) is 20.8 Å². The van der Waals surface area contributed by atoms with Crippen LogP contribution in [-0.4, -0.2) is 39.8 Å². The molecule has 3 rings (SSSR count). The smallest absolute Gasteiger partial charge is 0.224 e. The lowest BCUT2D eigenvalue weighted by atomic mass is 10.1. The van der Waals surface area contributed by atoms with E-state index >= 15 is 0 Å². The molecule has 0 atom stereocenters. The summed E-state index contributed by atoms with van der Waals surface area (Å²) in [5, 5.41) is 14.1. The molecule has 0 bridgehead atoms. The minimum absolute atomic E-state index is 0.0645. The molecule has 27 heavy (non-hydrogen) atoms. The maximum Gasteiger partial charge on any atom is 0.224 e. The number of amides is 1. The Hall–Kier alpha value is -3.42. The van der Waals surface area contributed by atoms with Gasteiger partial charge in [0.15, 0.2) is 0 Å². The van der Waals surface area contributed by atoms with E-state index in [-0.39, 0.29) is 5.91 Å². The summed E-state index contributed by atoms with van der Waals surface area (Å²) >= 11 is 0. The van der Waals surface area contributed by atoms with Crippen LogP contribution in [0.3, 0.4) is 0 Å². The predicted molar refractivity (Wildman–Crippen MR) is 100 cm³/mol. The van der Waals surface area contributed by atoms with Crippen molar-refractivity contribution in [1.82, 2.24) is 20.2 Å². The van der Waals surface area contributed by atoms with Crippen LogP contribution in [-0.2, 0) is 4.79 Å². The summed E-state index contributed by atoms with van der Waals surface area (Å²) in [5.41, 5.74) is 2.46. The van der Waals surface area contributed by atoms with E-state index in [1.807, 2.05) is 49.4 Å². The fraction of sp³-hybridized carbons (Fsp3) is 0.263. The van der Waals surface area contributed by atoms with Crippen molar-refractivity contribution < 1.29 is 14.3 Å². The predicted octanol–water partition coefficient (Wildman–Crippen LogP) is 2.78. The Morgan fingerprint density at radius 1 is 1.15 bits per heavy atom. The number of carbonyl (C=O) groups is 1. The minimum atomic E-state index is -0.0645. The zero-order valence-corrected chi connectivity index (χ0v) is 15.3. The van der Waals surface area contributed by atoms with Gasteiger partial charge in [-0.15, -0.1) is 5.10 Å². The molecule has 1 aromatic heterocycles. The van der Waals surface area contributed by atoms with E-state index in [0.29, 0.717) is 19.4 Å². The van der Waals surface area contributed by atoms with E-state index in [0.717, 1.165) is 28.4 Å². The second kappa shape index (κ2) is 8.79. The molecule has 0 saturated heterocycles. The van der Waals surface area contributed by atoms with Crippen molar-refractivity contribution in [2.24, 2.45) is 0 Å². The van der Waals surface area contributed by atoms with Crippen molar-refractivity contribution in [2.45, 2.75) is 19.8 Å². The summed E-state index contributed by atoms with van der Waals surface area (Å²) < 4.78 is 12.3. The molecule has 1 heterocycles. The number of anilines is 1. The molecule has 0 unspecified atom stereocenters. The standard InChI is InChI=1S/C19H21N5O3/c1-14-17(5-3-6-18(14)24-13-20-22-23-24)21-19(25)7-4-12-27-16-10-8-15(26-2)9-11-16/h3,5-6,8-11,13H,4,7,12H2,1-2H3,(H,21,25). The topological polar surface area (TPSA) is 91.2 Å². The van der Waals surface area contributed by atoms with Gasteiger partial charge in [0.25, 0.3) is 0 Å². The number of carbonyl (C=O) groups excluding carboxylic acids is 1. The quantitative estimate of drug-likeness (QED) is 0.616. The molecule has 0 saturated carbocycles. The number of nitrogens with one attached hydrogen (secondary N) is 1. The zero-order chi connectivity index (χ0) is 19.1. The Kier molecular flexibility index (Phi) is 5.98. The molecule has 0 spiro atoms. The number of hydrogen-bond donors (Lipinski definition) is 1. The highest BCUT2D eigenvalue weighted by molar-refractivity contribution is 5.92. The summed E-state index contributed by atoms with van der Waals surface area (Å²) in [6.07, 6.45) is 2.50. The average Bonchev–Trinajstić information content (AvgIpc) is 3.22. The number of ether oxygens (including phenoxy) is 2. The Bertz CT molecular complexity index is 879. The van der Waals surface area contributed by atoms with Crippen LogP contribution in [0.15, 0.2) is 48.8 Å². The summed E-state index contributed by atoms with van der Waals surface area (Å²) in [6.45, 7) is 2.38. The van der Waals surface area contributed by atoms with Gasteiger partial charge in [0.2, 0.25) is 5.91 Å². The number of methoxy groups -OCH3 is 1. The molecule has 1 amide bonds. The molecule has 1 N–H and O–H groups in total. The van der Waals surface area contributed by atoms with Gasteiger partial charge in [0.1, 0.15) is 17.8 Å². The third kappa shape index (κ3) is 4.81. The highest BCUT2D eigenvalue weighted by Gasteiger charge is 2.10. The lowest BCUT2D eigenvalue weighted by molar-refractivity contribution is -0.116. The van der Waals surface area contributed by atoms with Crippen LogP contribution in [0, 0.1) is 6.92 Å². The van der Waals surface area contributed by atoms with E-state index in [1.165, 1.54) is 6.33 Å². The lowest BCUT2D eigenvalue weighted by Gasteiger charge is -2.12. The van der Waals surface area contributed by atoms with Crippen LogP contribution in [0.1, 0.15) is 18.4 Å². The second-order valence-electron chi connectivity index (χ2n) is 5.88. The van der Waals surface area contributed by atoms with Gasteiger partial charge in [0.05, 0.1) is 19.4 Å². The third-order valence-electron chi connectivity index (χ3n) is 4.05. The van der Waals surface area contributed by atoms with Crippen molar-refractivity contribution in [2.75, 3.05) is 19.0 Å². The first kappa shape index (κ1) is 18.4. The molecule has 0 fully saturated rings. The Morgan fingerprint density at radius 2 is 1.93 bits per heavy atom. The second-order valence-corrected chi connectivity index (χ2v) is 5.88. The SMILES string of the molecule is COc1ccc(OCCCC(=O)Nc2cccc(-n3cnnn3)c2C)cc1. The molecule has 2 aromatic carbocycles. The number of rotatable bonds is 8. The van der Waals surface area contributed by atoms with Crippen LogP contribution in [0.5, 0.6) is 11.5 Å². The molecular weight excluding hydrogens is 346 g/mol. The Morgan fingerprint density at radius 3 is 2.63 bits per heavy atom. The fourth-order valence-corrected chi connectivity index (χ4v) is 2.59. The summed E-state index contributed by atoms with van der Waals surface area (Å²) in [5.74, 6) is 1.47. The van der Waals surface area contributed by atoms with Gasteiger partial charge < -0.3 is 14.8 Å². The van der Waals surface area contributed by atoms with Gasteiger partial charge in [-0.2, -0.15) is 0 Å². The van der Waals surface area contributed by atoms with E-state index < -0.39 is 0 Å². The van der Waals surface area contributed by atoms with E-state index in [9.17, 15) is 4.79 Å². The third-order valence-corrected chi connectivity index (χ3v) is 4.05. The number of hydrogen-bond acceptors (Lipinski definition) is 6.